The molecule has 1 aromatic heterocycles. The third kappa shape index (κ3) is 3.48. The second kappa shape index (κ2) is 6.53. The highest BCUT2D eigenvalue weighted by Gasteiger charge is 2.16. The number of amides is 1. The summed E-state index contributed by atoms with van der Waals surface area (Å²) in [7, 11) is 0. The largest absolute Gasteiger partial charge is 0.321 e. The minimum atomic E-state index is -0.113. The van der Waals surface area contributed by atoms with Gasteiger partial charge in [0.1, 0.15) is 0 Å². The van der Waals surface area contributed by atoms with Crippen molar-refractivity contribution in [1.82, 2.24) is 4.98 Å². The molecule has 2 rings (SSSR count). The van der Waals surface area contributed by atoms with Crippen molar-refractivity contribution in [3.05, 3.63) is 59.4 Å². The van der Waals surface area contributed by atoms with Gasteiger partial charge in [-0.05, 0) is 35.1 Å². The standard InChI is InChI=1S/C18H22N2O/c1-12(2)15-8-5-9-16(13(3)4)17(15)20-18(21)14-7-6-10-19-11-14/h5-13H,1-4H3,(H,20,21). The SMILES string of the molecule is CC(C)c1cccc(C(C)C)c1NC(=O)c1cccnc1. The van der Waals surface area contributed by atoms with E-state index in [1.54, 1.807) is 24.5 Å². The molecule has 0 saturated heterocycles. The maximum absolute atomic E-state index is 12.4. The van der Waals surface area contributed by atoms with Crippen molar-refractivity contribution < 1.29 is 4.79 Å². The Balaban J connectivity index is 2.40. The van der Waals surface area contributed by atoms with Crippen LogP contribution < -0.4 is 5.32 Å². The van der Waals surface area contributed by atoms with E-state index in [1.807, 2.05) is 0 Å². The number of carbonyl (C=O) groups is 1. The number of benzene rings is 1. The molecule has 0 aliphatic carbocycles. The molecule has 0 saturated carbocycles. The highest BCUT2D eigenvalue weighted by atomic mass is 16.1. The van der Waals surface area contributed by atoms with Crippen molar-refractivity contribution >= 4 is 11.6 Å². The van der Waals surface area contributed by atoms with Gasteiger partial charge in [0.25, 0.3) is 5.91 Å². The number of nitrogens with zero attached hydrogens (tertiary/aromatic N) is 1. The summed E-state index contributed by atoms with van der Waals surface area (Å²) in [6.07, 6.45) is 3.25. The first kappa shape index (κ1) is 15.2. The molecule has 1 aromatic carbocycles. The van der Waals surface area contributed by atoms with Gasteiger partial charge in [0.15, 0.2) is 0 Å². The molecule has 0 fully saturated rings. The van der Waals surface area contributed by atoms with Crippen molar-refractivity contribution in [3.8, 4) is 0 Å². The molecule has 2 aromatic rings. The first-order valence-electron chi connectivity index (χ1n) is 7.35. The second-order valence-electron chi connectivity index (χ2n) is 5.82. The fraction of sp³-hybridized carbons (Fsp3) is 0.333. The first-order valence-corrected chi connectivity index (χ1v) is 7.35. The topological polar surface area (TPSA) is 42.0 Å². The van der Waals surface area contributed by atoms with Gasteiger partial charge in [-0.25, -0.2) is 0 Å². The van der Waals surface area contributed by atoms with Crippen LogP contribution in [0.5, 0.6) is 0 Å². The normalized spacial score (nSPS) is 11.0. The minimum Gasteiger partial charge on any atom is -0.321 e. The number of hydrogen-bond acceptors (Lipinski definition) is 2. The summed E-state index contributed by atoms with van der Waals surface area (Å²) in [6.45, 7) is 8.55. The maximum atomic E-state index is 12.4. The molecule has 3 heteroatoms. The number of para-hydroxylation sites is 1. The van der Waals surface area contributed by atoms with Crippen molar-refractivity contribution in [2.24, 2.45) is 0 Å². The first-order chi connectivity index (χ1) is 10.0. The molecule has 21 heavy (non-hydrogen) atoms. The fourth-order valence-electron chi connectivity index (χ4n) is 2.38. The van der Waals surface area contributed by atoms with Gasteiger partial charge in [0.2, 0.25) is 0 Å². The Bertz CT molecular complexity index is 592. The highest BCUT2D eigenvalue weighted by molar-refractivity contribution is 6.05. The van der Waals surface area contributed by atoms with Gasteiger partial charge in [-0.2, -0.15) is 0 Å². The average molecular weight is 282 g/mol. The van der Waals surface area contributed by atoms with Gasteiger partial charge < -0.3 is 5.32 Å². The zero-order valence-electron chi connectivity index (χ0n) is 13.1. The van der Waals surface area contributed by atoms with Gasteiger partial charge in [-0.3, -0.25) is 9.78 Å². The molecule has 110 valence electrons. The third-order valence-electron chi connectivity index (χ3n) is 3.54. The monoisotopic (exact) mass is 282 g/mol. The van der Waals surface area contributed by atoms with E-state index in [2.05, 4.69) is 56.2 Å². The van der Waals surface area contributed by atoms with Crippen LogP contribution in [0.3, 0.4) is 0 Å². The Kier molecular flexibility index (Phi) is 4.73. The van der Waals surface area contributed by atoms with E-state index in [0.717, 1.165) is 5.69 Å². The van der Waals surface area contributed by atoms with E-state index in [-0.39, 0.29) is 5.91 Å². The van der Waals surface area contributed by atoms with Crippen molar-refractivity contribution in [1.29, 1.82) is 0 Å². The van der Waals surface area contributed by atoms with E-state index in [9.17, 15) is 4.79 Å². The lowest BCUT2D eigenvalue weighted by atomic mass is 9.92. The smallest absolute Gasteiger partial charge is 0.257 e. The minimum absolute atomic E-state index is 0.113. The van der Waals surface area contributed by atoms with Crippen LogP contribution in [0.4, 0.5) is 5.69 Å². The van der Waals surface area contributed by atoms with Crippen LogP contribution in [-0.4, -0.2) is 10.9 Å². The van der Waals surface area contributed by atoms with Crippen LogP contribution in [0.1, 0.15) is 61.0 Å². The molecular formula is C18H22N2O. The fourth-order valence-corrected chi connectivity index (χ4v) is 2.38. The molecule has 0 radical (unpaired) electrons. The van der Waals surface area contributed by atoms with Crippen LogP contribution in [0.2, 0.25) is 0 Å². The van der Waals surface area contributed by atoms with Gasteiger partial charge in [0.05, 0.1) is 5.56 Å². The van der Waals surface area contributed by atoms with Crippen LogP contribution in [0.25, 0.3) is 0 Å². The number of pyridine rings is 1. The van der Waals surface area contributed by atoms with Crippen molar-refractivity contribution in [3.63, 3.8) is 0 Å². The molecule has 0 spiro atoms. The summed E-state index contributed by atoms with van der Waals surface area (Å²) >= 11 is 0. The number of aromatic nitrogens is 1. The molecule has 0 bridgehead atoms. The summed E-state index contributed by atoms with van der Waals surface area (Å²) < 4.78 is 0. The van der Waals surface area contributed by atoms with E-state index in [0.29, 0.717) is 17.4 Å². The van der Waals surface area contributed by atoms with Gasteiger partial charge in [0, 0.05) is 18.1 Å². The Morgan fingerprint density at radius 3 is 2.10 bits per heavy atom. The van der Waals surface area contributed by atoms with Gasteiger partial charge in [-0.1, -0.05) is 45.9 Å². The summed E-state index contributed by atoms with van der Waals surface area (Å²) in [5.41, 5.74) is 3.85. The number of carbonyl (C=O) groups excluding carboxylic acids is 1. The molecule has 0 unspecified atom stereocenters. The zero-order chi connectivity index (χ0) is 15.4. The number of anilines is 1. The number of nitrogens with one attached hydrogen (secondary N) is 1. The average Bonchev–Trinajstić information content (AvgIpc) is 2.47. The lowest BCUT2D eigenvalue weighted by Crippen LogP contribution is -2.16. The van der Waals surface area contributed by atoms with Crippen LogP contribution in [0, 0.1) is 0 Å². The summed E-state index contributed by atoms with van der Waals surface area (Å²) in [5, 5.41) is 3.08. The van der Waals surface area contributed by atoms with E-state index < -0.39 is 0 Å². The maximum Gasteiger partial charge on any atom is 0.257 e. The summed E-state index contributed by atoms with van der Waals surface area (Å²) in [5.74, 6) is 0.596. The van der Waals surface area contributed by atoms with Crippen molar-refractivity contribution in [2.75, 3.05) is 5.32 Å². The molecule has 3 nitrogen and oxygen atoms in total. The van der Waals surface area contributed by atoms with Gasteiger partial charge in [-0.15, -0.1) is 0 Å². The molecule has 0 atom stereocenters. The summed E-state index contributed by atoms with van der Waals surface area (Å²) in [4.78, 5) is 16.4. The molecular weight excluding hydrogens is 260 g/mol. The lowest BCUT2D eigenvalue weighted by molar-refractivity contribution is 0.102. The van der Waals surface area contributed by atoms with E-state index in [1.165, 1.54) is 11.1 Å². The zero-order valence-corrected chi connectivity index (χ0v) is 13.1. The second-order valence-corrected chi connectivity index (χ2v) is 5.82. The molecule has 0 aliphatic rings. The van der Waals surface area contributed by atoms with Gasteiger partial charge >= 0.3 is 0 Å². The Hall–Kier alpha value is -2.16. The Morgan fingerprint density at radius 2 is 1.62 bits per heavy atom. The number of rotatable bonds is 4. The lowest BCUT2D eigenvalue weighted by Gasteiger charge is -2.20. The molecule has 1 N–H and O–H groups in total. The van der Waals surface area contributed by atoms with Crippen LogP contribution >= 0.6 is 0 Å². The van der Waals surface area contributed by atoms with Crippen molar-refractivity contribution in [2.45, 2.75) is 39.5 Å². The molecule has 1 heterocycles. The Labute approximate surface area is 126 Å². The third-order valence-corrected chi connectivity index (χ3v) is 3.54. The Morgan fingerprint density at radius 1 is 1.00 bits per heavy atom. The molecule has 1 amide bonds. The van der Waals surface area contributed by atoms with E-state index in [4.69, 9.17) is 0 Å². The predicted octanol–water partition coefficient (Wildman–Crippen LogP) is 4.58. The quantitative estimate of drug-likeness (QED) is 0.891. The van der Waals surface area contributed by atoms with Crippen LogP contribution in [-0.2, 0) is 0 Å². The highest BCUT2D eigenvalue weighted by Crippen LogP contribution is 2.32. The van der Waals surface area contributed by atoms with E-state index >= 15 is 0 Å². The predicted molar refractivity (Wildman–Crippen MR) is 86.8 cm³/mol. The van der Waals surface area contributed by atoms with Crippen LogP contribution in [0.15, 0.2) is 42.7 Å². The number of hydrogen-bond donors (Lipinski definition) is 1. The molecule has 0 aliphatic heterocycles. The summed E-state index contributed by atoms with van der Waals surface area (Å²) in [6, 6.07) is 9.76.